The van der Waals surface area contributed by atoms with Gasteiger partial charge in [0, 0.05) is 44.4 Å². The Kier molecular flexibility index (Phi) is 6.50. The van der Waals surface area contributed by atoms with Crippen molar-refractivity contribution in [1.82, 2.24) is 24.8 Å². The molecule has 2 fully saturated rings. The largest absolute Gasteiger partial charge is 0.488 e. The quantitative estimate of drug-likeness (QED) is 0.483. The number of rotatable bonds is 8. The van der Waals surface area contributed by atoms with Crippen LogP contribution in [-0.2, 0) is 4.74 Å². The number of hydrogen-bond acceptors (Lipinski definition) is 7. The zero-order chi connectivity index (χ0) is 22.6. The third-order valence-electron chi connectivity index (χ3n) is 6.07. The number of benzene rings is 1. The molecule has 2 atom stereocenters. The Morgan fingerprint density at radius 3 is 2.24 bits per heavy atom. The van der Waals surface area contributed by atoms with Gasteiger partial charge in [-0.05, 0) is 54.0 Å². The zero-order valence-electron chi connectivity index (χ0n) is 18.2. The minimum atomic E-state index is -0.658. The van der Waals surface area contributed by atoms with E-state index in [1.807, 2.05) is 0 Å². The highest BCUT2D eigenvalue weighted by Crippen LogP contribution is 2.55. The predicted molar refractivity (Wildman–Crippen MR) is 117 cm³/mol. The van der Waals surface area contributed by atoms with E-state index in [4.69, 9.17) is 9.47 Å². The maximum absolute atomic E-state index is 14.6. The third-order valence-corrected chi connectivity index (χ3v) is 6.07. The number of nitrogens with zero attached hydrogens (tertiary/aromatic N) is 5. The van der Waals surface area contributed by atoms with Crippen LogP contribution in [0.3, 0.4) is 0 Å². The first-order valence-corrected chi connectivity index (χ1v) is 11.2. The molecule has 0 amide bonds. The summed E-state index contributed by atoms with van der Waals surface area (Å²) in [6.07, 6.45) is 8.25. The van der Waals surface area contributed by atoms with Crippen LogP contribution in [0.5, 0.6) is 5.75 Å². The van der Waals surface area contributed by atoms with E-state index in [0.29, 0.717) is 23.6 Å². The van der Waals surface area contributed by atoms with Crippen molar-refractivity contribution in [2.75, 3.05) is 39.5 Å². The summed E-state index contributed by atoms with van der Waals surface area (Å²) in [7, 11) is 0. The highest BCUT2D eigenvalue weighted by molar-refractivity contribution is 5.43. The van der Waals surface area contributed by atoms with Crippen molar-refractivity contribution in [3.8, 4) is 17.4 Å². The van der Waals surface area contributed by atoms with E-state index >= 15 is 0 Å². The molecule has 1 aromatic carbocycles. The summed E-state index contributed by atoms with van der Waals surface area (Å²) in [6.45, 7) is 4.32. The van der Waals surface area contributed by atoms with Gasteiger partial charge in [-0.15, -0.1) is 0 Å². The summed E-state index contributed by atoms with van der Waals surface area (Å²) >= 11 is 0. The van der Waals surface area contributed by atoms with Crippen molar-refractivity contribution in [3.63, 3.8) is 0 Å². The van der Waals surface area contributed by atoms with Gasteiger partial charge in [-0.3, -0.25) is 4.90 Å². The highest BCUT2D eigenvalue weighted by Gasteiger charge is 2.41. The Balaban J connectivity index is 1.17. The van der Waals surface area contributed by atoms with Crippen LogP contribution in [0.25, 0.3) is 11.6 Å². The molecule has 0 radical (unpaired) electrons. The number of halogens is 2. The molecule has 0 spiro atoms. The van der Waals surface area contributed by atoms with Gasteiger partial charge in [0.1, 0.15) is 0 Å². The standard InChI is InChI=1S/C24H25F2N5O2/c25-20-11-16(12-21(26)22(20)33-8-2-5-31-6-9-32-10-7-31)18-13-19(18)17-14-29-24(30-15-17)23-27-3-1-4-28-23/h1,3-4,11-12,14-15,18-19H,2,5-10,13H2/t18-,19+/m0/s1. The molecule has 1 saturated heterocycles. The van der Waals surface area contributed by atoms with E-state index in [9.17, 15) is 8.78 Å². The Morgan fingerprint density at radius 2 is 1.55 bits per heavy atom. The fourth-order valence-electron chi connectivity index (χ4n) is 4.21. The second kappa shape index (κ2) is 9.84. The predicted octanol–water partition coefficient (Wildman–Crippen LogP) is 3.58. The van der Waals surface area contributed by atoms with E-state index in [0.717, 1.165) is 44.8 Å². The molecular weight excluding hydrogens is 428 g/mol. The van der Waals surface area contributed by atoms with Gasteiger partial charge in [0.2, 0.25) is 0 Å². The molecular formula is C24H25F2N5O2. The molecule has 3 aromatic rings. The molecule has 3 heterocycles. The first kappa shape index (κ1) is 21.8. The van der Waals surface area contributed by atoms with Crippen molar-refractivity contribution < 1.29 is 18.3 Å². The molecule has 0 N–H and O–H groups in total. The monoisotopic (exact) mass is 453 g/mol. The number of aromatic nitrogens is 4. The maximum atomic E-state index is 14.6. The molecule has 2 aromatic heterocycles. The minimum absolute atomic E-state index is 0.0341. The fourth-order valence-corrected chi connectivity index (χ4v) is 4.21. The molecule has 5 rings (SSSR count). The van der Waals surface area contributed by atoms with Gasteiger partial charge in [-0.1, -0.05) is 0 Å². The lowest BCUT2D eigenvalue weighted by Gasteiger charge is -2.26. The van der Waals surface area contributed by atoms with Crippen LogP contribution in [0, 0.1) is 11.6 Å². The molecule has 1 aliphatic carbocycles. The summed E-state index contributed by atoms with van der Waals surface area (Å²) in [5, 5.41) is 0. The lowest BCUT2D eigenvalue weighted by molar-refractivity contribution is 0.0356. The Labute approximate surface area is 190 Å². The average molecular weight is 453 g/mol. The van der Waals surface area contributed by atoms with Crippen LogP contribution < -0.4 is 4.74 Å². The molecule has 172 valence electrons. The van der Waals surface area contributed by atoms with Gasteiger partial charge in [0.05, 0.1) is 19.8 Å². The average Bonchev–Trinajstić information content (AvgIpc) is 3.65. The number of ether oxygens (including phenoxy) is 2. The van der Waals surface area contributed by atoms with Crippen LogP contribution in [0.1, 0.15) is 35.8 Å². The van der Waals surface area contributed by atoms with E-state index in [2.05, 4.69) is 24.8 Å². The maximum Gasteiger partial charge on any atom is 0.197 e. The lowest BCUT2D eigenvalue weighted by atomic mass is 10.1. The SMILES string of the molecule is Fc1cc([C@@H]2C[C@@H]2c2cnc(-c3ncccn3)nc2)cc(F)c1OCCCN1CCOCC1. The first-order valence-electron chi connectivity index (χ1n) is 11.2. The molecule has 1 aliphatic heterocycles. The van der Waals surface area contributed by atoms with Crippen LogP contribution in [0.4, 0.5) is 8.78 Å². The topological polar surface area (TPSA) is 73.3 Å². The summed E-state index contributed by atoms with van der Waals surface area (Å²) < 4.78 is 40.0. The van der Waals surface area contributed by atoms with Crippen molar-refractivity contribution >= 4 is 0 Å². The van der Waals surface area contributed by atoms with Crippen molar-refractivity contribution in [2.45, 2.75) is 24.7 Å². The van der Waals surface area contributed by atoms with E-state index < -0.39 is 11.6 Å². The van der Waals surface area contributed by atoms with Crippen LogP contribution in [0.2, 0.25) is 0 Å². The Morgan fingerprint density at radius 1 is 0.909 bits per heavy atom. The smallest absolute Gasteiger partial charge is 0.197 e. The molecule has 2 aliphatic rings. The van der Waals surface area contributed by atoms with Gasteiger partial charge in [0.25, 0.3) is 0 Å². The lowest BCUT2D eigenvalue weighted by Crippen LogP contribution is -2.37. The van der Waals surface area contributed by atoms with Crippen molar-refractivity contribution in [1.29, 1.82) is 0 Å². The Bertz CT molecular complexity index is 1050. The Hall–Kier alpha value is -3.04. The van der Waals surface area contributed by atoms with E-state index in [1.165, 1.54) is 12.1 Å². The van der Waals surface area contributed by atoms with Gasteiger partial charge in [0.15, 0.2) is 29.0 Å². The molecule has 7 nitrogen and oxygen atoms in total. The molecule has 33 heavy (non-hydrogen) atoms. The second-order valence-corrected chi connectivity index (χ2v) is 8.33. The van der Waals surface area contributed by atoms with Crippen molar-refractivity contribution in [2.24, 2.45) is 0 Å². The van der Waals surface area contributed by atoms with Gasteiger partial charge in [-0.2, -0.15) is 0 Å². The van der Waals surface area contributed by atoms with E-state index in [-0.39, 0.29) is 24.2 Å². The van der Waals surface area contributed by atoms with Gasteiger partial charge < -0.3 is 9.47 Å². The number of morpholine rings is 1. The third kappa shape index (κ3) is 5.15. The van der Waals surface area contributed by atoms with E-state index in [1.54, 1.807) is 30.9 Å². The van der Waals surface area contributed by atoms with Crippen LogP contribution in [0.15, 0.2) is 43.0 Å². The first-order chi connectivity index (χ1) is 16.2. The summed E-state index contributed by atoms with van der Waals surface area (Å²) in [6, 6.07) is 4.50. The summed E-state index contributed by atoms with van der Waals surface area (Å²) in [5.41, 5.74) is 1.56. The zero-order valence-corrected chi connectivity index (χ0v) is 18.2. The normalized spacial score (nSPS) is 20.5. The number of hydrogen-bond donors (Lipinski definition) is 0. The van der Waals surface area contributed by atoms with Crippen LogP contribution in [-0.4, -0.2) is 64.3 Å². The summed E-state index contributed by atoms with van der Waals surface area (Å²) in [4.78, 5) is 19.2. The molecule has 1 saturated carbocycles. The molecule has 0 bridgehead atoms. The fraction of sp³-hybridized carbons (Fsp3) is 0.417. The molecule has 9 heteroatoms. The summed E-state index contributed by atoms with van der Waals surface area (Å²) in [5.74, 6) is -0.537. The highest BCUT2D eigenvalue weighted by atomic mass is 19.1. The van der Waals surface area contributed by atoms with Gasteiger partial charge in [-0.25, -0.2) is 28.7 Å². The van der Waals surface area contributed by atoms with Crippen molar-refractivity contribution in [3.05, 3.63) is 65.7 Å². The second-order valence-electron chi connectivity index (χ2n) is 8.33. The van der Waals surface area contributed by atoms with Gasteiger partial charge >= 0.3 is 0 Å². The van der Waals surface area contributed by atoms with Crippen LogP contribution >= 0.6 is 0 Å². The molecule has 0 unspecified atom stereocenters. The minimum Gasteiger partial charge on any atom is -0.488 e.